The van der Waals surface area contributed by atoms with E-state index in [1.807, 2.05) is 0 Å². The topological polar surface area (TPSA) is 49.3 Å². The number of alkyl halides is 3. The Hall–Kier alpha value is -2.50. The van der Waals surface area contributed by atoms with E-state index in [-0.39, 0.29) is 17.9 Å². The molecule has 0 fully saturated rings. The third kappa shape index (κ3) is 3.98. The maximum atomic E-state index is 12.6. The number of anilines is 1. The van der Waals surface area contributed by atoms with E-state index in [2.05, 4.69) is 5.32 Å². The van der Waals surface area contributed by atoms with Crippen LogP contribution in [0.15, 0.2) is 48.5 Å². The second kappa shape index (κ2) is 5.87. The Balaban J connectivity index is 2.08. The van der Waals surface area contributed by atoms with Crippen LogP contribution in [0.3, 0.4) is 0 Å². The molecule has 0 aliphatic rings. The monoisotopic (exact) mass is 295 g/mol. The van der Waals surface area contributed by atoms with Crippen LogP contribution in [0.1, 0.15) is 11.1 Å². The third-order valence-electron chi connectivity index (χ3n) is 2.82. The minimum atomic E-state index is -4.46. The van der Waals surface area contributed by atoms with Crippen molar-refractivity contribution in [2.75, 3.05) is 5.32 Å². The van der Waals surface area contributed by atoms with Gasteiger partial charge in [-0.25, -0.2) is 0 Å². The fourth-order valence-electron chi connectivity index (χ4n) is 1.81. The lowest BCUT2D eigenvalue weighted by atomic mass is 10.1. The summed E-state index contributed by atoms with van der Waals surface area (Å²) in [7, 11) is 0. The predicted octanol–water partition coefficient (Wildman–Crippen LogP) is 3.59. The van der Waals surface area contributed by atoms with Gasteiger partial charge in [0, 0.05) is 11.3 Å². The summed E-state index contributed by atoms with van der Waals surface area (Å²) in [5, 5.41) is 11.9. The molecule has 0 spiro atoms. The molecule has 0 radical (unpaired) electrons. The van der Waals surface area contributed by atoms with Crippen molar-refractivity contribution in [3.05, 3.63) is 59.7 Å². The first-order chi connectivity index (χ1) is 9.86. The van der Waals surface area contributed by atoms with E-state index in [9.17, 15) is 23.1 Å². The number of aromatic hydroxyl groups is 1. The number of rotatable bonds is 3. The zero-order valence-corrected chi connectivity index (χ0v) is 10.8. The molecule has 21 heavy (non-hydrogen) atoms. The number of amides is 1. The highest BCUT2D eigenvalue weighted by molar-refractivity contribution is 5.92. The molecule has 3 nitrogen and oxygen atoms in total. The van der Waals surface area contributed by atoms with Crippen molar-refractivity contribution in [1.82, 2.24) is 0 Å². The smallest absolute Gasteiger partial charge is 0.416 e. The van der Waals surface area contributed by atoms with Crippen molar-refractivity contribution in [1.29, 1.82) is 0 Å². The van der Waals surface area contributed by atoms with Crippen molar-refractivity contribution in [3.63, 3.8) is 0 Å². The van der Waals surface area contributed by atoms with Gasteiger partial charge in [0.15, 0.2) is 0 Å². The summed E-state index contributed by atoms with van der Waals surface area (Å²) in [6.07, 6.45) is -4.58. The fourth-order valence-corrected chi connectivity index (χ4v) is 1.81. The van der Waals surface area contributed by atoms with Gasteiger partial charge in [0.05, 0.1) is 12.0 Å². The first kappa shape index (κ1) is 14.9. The molecule has 0 aromatic heterocycles. The van der Waals surface area contributed by atoms with Crippen LogP contribution in [0.2, 0.25) is 0 Å². The van der Waals surface area contributed by atoms with Crippen LogP contribution in [0.25, 0.3) is 0 Å². The number of halogens is 3. The average molecular weight is 295 g/mol. The summed E-state index contributed by atoms with van der Waals surface area (Å²) in [5.41, 5.74) is -0.366. The SMILES string of the molecule is O=C(Cc1ccccc1O)Nc1cccc(C(F)(F)F)c1. The van der Waals surface area contributed by atoms with Gasteiger partial charge in [-0.05, 0) is 24.3 Å². The lowest BCUT2D eigenvalue weighted by Gasteiger charge is -2.10. The van der Waals surface area contributed by atoms with Crippen LogP contribution in [0, 0.1) is 0 Å². The maximum absolute atomic E-state index is 12.6. The minimum absolute atomic E-state index is 0.0308. The van der Waals surface area contributed by atoms with Gasteiger partial charge in [0.25, 0.3) is 0 Å². The Morgan fingerprint density at radius 1 is 1.10 bits per heavy atom. The molecular formula is C15H12F3NO2. The Bertz CT molecular complexity index is 653. The largest absolute Gasteiger partial charge is 0.508 e. The van der Waals surface area contributed by atoms with Crippen molar-refractivity contribution in [2.24, 2.45) is 0 Å². The molecule has 0 aliphatic heterocycles. The van der Waals surface area contributed by atoms with E-state index in [0.29, 0.717) is 5.56 Å². The number of carbonyl (C=O) groups is 1. The first-order valence-electron chi connectivity index (χ1n) is 6.10. The quantitative estimate of drug-likeness (QED) is 0.909. The number of carbonyl (C=O) groups excluding carboxylic acids is 1. The molecule has 0 heterocycles. The Labute approximate surface area is 119 Å². The molecule has 1 amide bonds. The molecule has 0 saturated carbocycles. The van der Waals surface area contributed by atoms with E-state index in [1.54, 1.807) is 18.2 Å². The predicted molar refractivity (Wildman–Crippen MR) is 71.9 cm³/mol. The highest BCUT2D eigenvalue weighted by Gasteiger charge is 2.30. The van der Waals surface area contributed by atoms with E-state index in [4.69, 9.17) is 0 Å². The normalized spacial score (nSPS) is 11.2. The first-order valence-corrected chi connectivity index (χ1v) is 6.10. The van der Waals surface area contributed by atoms with E-state index >= 15 is 0 Å². The summed E-state index contributed by atoms with van der Waals surface area (Å²) in [4.78, 5) is 11.8. The highest BCUT2D eigenvalue weighted by Crippen LogP contribution is 2.30. The fraction of sp³-hybridized carbons (Fsp3) is 0.133. The molecular weight excluding hydrogens is 283 g/mol. The molecule has 0 aliphatic carbocycles. The molecule has 2 rings (SSSR count). The lowest BCUT2D eigenvalue weighted by Crippen LogP contribution is -2.15. The van der Waals surface area contributed by atoms with Gasteiger partial charge in [-0.3, -0.25) is 4.79 Å². The standard InChI is InChI=1S/C15H12F3NO2/c16-15(17,18)11-5-3-6-12(9-11)19-14(21)8-10-4-1-2-7-13(10)20/h1-7,9,20H,8H2,(H,19,21). The van der Waals surface area contributed by atoms with Crippen LogP contribution in [-0.2, 0) is 17.4 Å². The molecule has 2 N–H and O–H groups in total. The van der Waals surface area contributed by atoms with Gasteiger partial charge in [0.2, 0.25) is 5.91 Å². The molecule has 6 heteroatoms. The van der Waals surface area contributed by atoms with Gasteiger partial charge in [-0.1, -0.05) is 24.3 Å². The number of nitrogens with one attached hydrogen (secondary N) is 1. The van der Waals surface area contributed by atoms with Gasteiger partial charge >= 0.3 is 6.18 Å². The second-order valence-electron chi connectivity index (χ2n) is 4.43. The van der Waals surface area contributed by atoms with Crippen LogP contribution >= 0.6 is 0 Å². The summed E-state index contributed by atoms with van der Waals surface area (Å²) < 4.78 is 37.7. The van der Waals surface area contributed by atoms with Crippen molar-refractivity contribution in [3.8, 4) is 5.75 Å². The van der Waals surface area contributed by atoms with E-state index < -0.39 is 17.6 Å². The number of hydrogen-bond acceptors (Lipinski definition) is 2. The number of phenols is 1. The van der Waals surface area contributed by atoms with E-state index in [1.165, 1.54) is 18.2 Å². The van der Waals surface area contributed by atoms with Gasteiger partial charge in [0.1, 0.15) is 5.75 Å². The van der Waals surface area contributed by atoms with Crippen molar-refractivity contribution < 1.29 is 23.1 Å². The highest BCUT2D eigenvalue weighted by atomic mass is 19.4. The minimum Gasteiger partial charge on any atom is -0.508 e. The van der Waals surface area contributed by atoms with Gasteiger partial charge in [-0.2, -0.15) is 13.2 Å². The average Bonchev–Trinajstić information content (AvgIpc) is 2.41. The summed E-state index contributed by atoms with van der Waals surface area (Å²) in [6.45, 7) is 0. The molecule has 0 unspecified atom stereocenters. The molecule has 0 bridgehead atoms. The number of benzene rings is 2. The van der Waals surface area contributed by atoms with E-state index in [0.717, 1.165) is 12.1 Å². The van der Waals surface area contributed by atoms with Crippen LogP contribution in [0.4, 0.5) is 18.9 Å². The van der Waals surface area contributed by atoms with Gasteiger partial charge in [-0.15, -0.1) is 0 Å². The zero-order valence-electron chi connectivity index (χ0n) is 10.8. The lowest BCUT2D eigenvalue weighted by molar-refractivity contribution is -0.137. The summed E-state index contributed by atoms with van der Waals surface area (Å²) in [6, 6.07) is 10.7. The second-order valence-corrected chi connectivity index (χ2v) is 4.43. The molecule has 0 saturated heterocycles. The zero-order chi connectivity index (χ0) is 15.5. The van der Waals surface area contributed by atoms with Crippen molar-refractivity contribution in [2.45, 2.75) is 12.6 Å². The van der Waals surface area contributed by atoms with Gasteiger partial charge < -0.3 is 10.4 Å². The van der Waals surface area contributed by atoms with Crippen LogP contribution in [0.5, 0.6) is 5.75 Å². The van der Waals surface area contributed by atoms with Crippen LogP contribution in [-0.4, -0.2) is 11.0 Å². The maximum Gasteiger partial charge on any atom is 0.416 e. The number of para-hydroxylation sites is 1. The van der Waals surface area contributed by atoms with Crippen molar-refractivity contribution >= 4 is 11.6 Å². The Morgan fingerprint density at radius 2 is 1.81 bits per heavy atom. The third-order valence-corrected chi connectivity index (χ3v) is 2.82. The number of phenolic OH excluding ortho intramolecular Hbond substituents is 1. The molecule has 2 aromatic rings. The molecule has 110 valence electrons. The summed E-state index contributed by atoms with van der Waals surface area (Å²) in [5.74, 6) is -0.535. The molecule has 2 aromatic carbocycles. The summed E-state index contributed by atoms with van der Waals surface area (Å²) >= 11 is 0. The number of hydrogen-bond donors (Lipinski definition) is 2. The Morgan fingerprint density at radius 3 is 2.48 bits per heavy atom. The molecule has 0 atom stereocenters. The van der Waals surface area contributed by atoms with Crippen LogP contribution < -0.4 is 5.32 Å². The Kier molecular flexibility index (Phi) is 4.16.